The van der Waals surface area contributed by atoms with E-state index in [4.69, 9.17) is 5.73 Å². The predicted octanol–water partition coefficient (Wildman–Crippen LogP) is 0.945. The first-order valence-electron chi connectivity index (χ1n) is 4.63. The summed E-state index contributed by atoms with van der Waals surface area (Å²) < 4.78 is 0. The quantitative estimate of drug-likeness (QED) is 0.676. The second kappa shape index (κ2) is 3.77. The van der Waals surface area contributed by atoms with Crippen LogP contribution in [0.5, 0.6) is 0 Å². The van der Waals surface area contributed by atoms with Gasteiger partial charge in [-0.05, 0) is 13.0 Å². The number of nitrogens with two attached hydrogens (primary N) is 1. The number of benzene rings is 1. The van der Waals surface area contributed by atoms with Crippen LogP contribution in [0.2, 0.25) is 0 Å². The molecule has 0 saturated carbocycles. The van der Waals surface area contributed by atoms with Crippen LogP contribution in [-0.4, -0.2) is 21.8 Å². The zero-order chi connectivity index (χ0) is 9.97. The third-order valence-corrected chi connectivity index (χ3v) is 2.31. The van der Waals surface area contributed by atoms with Gasteiger partial charge < -0.3 is 10.8 Å². The number of nitrogens with one attached hydrogen (secondary N) is 1. The fourth-order valence-electron chi connectivity index (χ4n) is 1.58. The topological polar surface area (TPSA) is 74.9 Å². The van der Waals surface area contributed by atoms with Crippen LogP contribution in [0.4, 0.5) is 0 Å². The van der Waals surface area contributed by atoms with E-state index in [0.717, 1.165) is 16.5 Å². The fourth-order valence-corrected chi connectivity index (χ4v) is 1.58. The molecule has 0 amide bonds. The van der Waals surface area contributed by atoms with Crippen LogP contribution in [0.15, 0.2) is 24.4 Å². The maximum Gasteiger partial charge on any atom is 0.0822 e. The van der Waals surface area contributed by atoms with E-state index in [1.165, 1.54) is 0 Å². The highest BCUT2D eigenvalue weighted by Crippen LogP contribution is 2.23. The maximum absolute atomic E-state index is 9.81. The van der Waals surface area contributed by atoms with Crippen LogP contribution in [0, 0.1) is 0 Å². The van der Waals surface area contributed by atoms with Crippen molar-refractivity contribution in [1.29, 1.82) is 0 Å². The summed E-state index contributed by atoms with van der Waals surface area (Å²) in [5.74, 6) is 0. The third-order valence-electron chi connectivity index (χ3n) is 2.31. The number of para-hydroxylation sites is 1. The lowest BCUT2D eigenvalue weighted by atomic mass is 10.0. The highest BCUT2D eigenvalue weighted by molar-refractivity contribution is 5.81. The minimum atomic E-state index is -0.510. The van der Waals surface area contributed by atoms with Crippen LogP contribution < -0.4 is 5.73 Å². The molecule has 0 radical (unpaired) electrons. The van der Waals surface area contributed by atoms with E-state index in [2.05, 4.69) is 10.2 Å². The highest BCUT2D eigenvalue weighted by Gasteiger charge is 2.10. The Hall–Kier alpha value is -1.39. The molecule has 0 bridgehead atoms. The molecular formula is C10H13N3O. The zero-order valence-electron chi connectivity index (χ0n) is 7.77. The number of nitrogens with zero attached hydrogens (tertiary/aromatic N) is 1. The normalized spacial score (nSPS) is 13.3. The average Bonchev–Trinajstić information content (AvgIpc) is 2.65. The second-order valence-corrected chi connectivity index (χ2v) is 3.27. The first-order valence-corrected chi connectivity index (χ1v) is 4.63. The fraction of sp³-hybridized carbons (Fsp3) is 0.300. The number of aromatic nitrogens is 2. The number of rotatable bonds is 3. The molecule has 14 heavy (non-hydrogen) atoms. The summed E-state index contributed by atoms with van der Waals surface area (Å²) in [6, 6.07) is 5.76. The number of hydrogen-bond acceptors (Lipinski definition) is 3. The molecule has 0 fully saturated rings. The molecule has 1 atom stereocenters. The Bertz CT molecular complexity index is 424. The molecule has 2 aromatic rings. The van der Waals surface area contributed by atoms with Gasteiger partial charge in [-0.2, -0.15) is 5.10 Å². The smallest absolute Gasteiger partial charge is 0.0822 e. The summed E-state index contributed by atoms with van der Waals surface area (Å²) in [7, 11) is 0. The Morgan fingerprint density at radius 3 is 3.14 bits per heavy atom. The summed E-state index contributed by atoms with van der Waals surface area (Å²) in [6.45, 7) is 0.478. The first-order chi connectivity index (χ1) is 6.83. The minimum Gasteiger partial charge on any atom is -0.388 e. The Labute approximate surface area is 81.7 Å². The lowest BCUT2D eigenvalue weighted by molar-refractivity contribution is 0.171. The molecule has 1 unspecified atom stereocenters. The van der Waals surface area contributed by atoms with E-state index >= 15 is 0 Å². The van der Waals surface area contributed by atoms with Crippen molar-refractivity contribution in [3.05, 3.63) is 30.0 Å². The van der Waals surface area contributed by atoms with E-state index in [1.807, 2.05) is 18.2 Å². The molecule has 4 heteroatoms. The maximum atomic E-state index is 9.81. The van der Waals surface area contributed by atoms with Gasteiger partial charge in [0.2, 0.25) is 0 Å². The van der Waals surface area contributed by atoms with E-state index in [-0.39, 0.29) is 0 Å². The number of H-pyrrole nitrogens is 1. The largest absolute Gasteiger partial charge is 0.388 e. The first kappa shape index (κ1) is 9.18. The summed E-state index contributed by atoms with van der Waals surface area (Å²) in [5.41, 5.74) is 7.16. The summed E-state index contributed by atoms with van der Waals surface area (Å²) in [5, 5.41) is 17.6. The monoisotopic (exact) mass is 191 g/mol. The lowest BCUT2D eigenvalue weighted by Gasteiger charge is -2.09. The van der Waals surface area contributed by atoms with E-state index in [9.17, 15) is 5.11 Å². The van der Waals surface area contributed by atoms with Crippen molar-refractivity contribution in [1.82, 2.24) is 10.2 Å². The summed E-state index contributed by atoms with van der Waals surface area (Å²) in [6.07, 6.45) is 1.80. The van der Waals surface area contributed by atoms with Crippen molar-refractivity contribution in [2.75, 3.05) is 6.54 Å². The number of aromatic amines is 1. The summed E-state index contributed by atoms with van der Waals surface area (Å²) in [4.78, 5) is 0. The van der Waals surface area contributed by atoms with Crippen LogP contribution in [-0.2, 0) is 0 Å². The molecule has 4 nitrogen and oxygen atoms in total. The van der Waals surface area contributed by atoms with Gasteiger partial charge in [-0.25, -0.2) is 0 Å². The molecule has 0 spiro atoms. The van der Waals surface area contributed by atoms with Crippen molar-refractivity contribution in [2.24, 2.45) is 5.73 Å². The van der Waals surface area contributed by atoms with Gasteiger partial charge in [0.05, 0.1) is 17.8 Å². The molecule has 4 N–H and O–H groups in total. The third kappa shape index (κ3) is 1.49. The molecule has 1 aromatic heterocycles. The summed E-state index contributed by atoms with van der Waals surface area (Å²) >= 11 is 0. The molecule has 1 heterocycles. The van der Waals surface area contributed by atoms with Gasteiger partial charge in [0.25, 0.3) is 0 Å². The molecule has 0 aliphatic heterocycles. The molecule has 74 valence electrons. The van der Waals surface area contributed by atoms with Gasteiger partial charge in [0, 0.05) is 10.9 Å². The molecule has 1 aromatic carbocycles. The van der Waals surface area contributed by atoms with Gasteiger partial charge in [0.1, 0.15) is 0 Å². The Morgan fingerprint density at radius 2 is 2.36 bits per heavy atom. The van der Waals surface area contributed by atoms with Crippen LogP contribution in [0.3, 0.4) is 0 Å². The molecular weight excluding hydrogens is 178 g/mol. The van der Waals surface area contributed by atoms with Gasteiger partial charge in [-0.1, -0.05) is 18.2 Å². The molecule has 0 aliphatic carbocycles. The number of aliphatic hydroxyl groups is 1. The van der Waals surface area contributed by atoms with Gasteiger partial charge in [0.15, 0.2) is 0 Å². The van der Waals surface area contributed by atoms with Crippen molar-refractivity contribution in [3.63, 3.8) is 0 Å². The molecule has 0 saturated heterocycles. The number of hydrogen-bond donors (Lipinski definition) is 3. The van der Waals surface area contributed by atoms with Gasteiger partial charge in [-0.15, -0.1) is 0 Å². The van der Waals surface area contributed by atoms with E-state index < -0.39 is 6.10 Å². The van der Waals surface area contributed by atoms with Crippen molar-refractivity contribution in [3.8, 4) is 0 Å². The predicted molar refractivity (Wildman–Crippen MR) is 54.7 cm³/mol. The highest BCUT2D eigenvalue weighted by atomic mass is 16.3. The average molecular weight is 191 g/mol. The lowest BCUT2D eigenvalue weighted by Crippen LogP contribution is -2.07. The van der Waals surface area contributed by atoms with Gasteiger partial charge >= 0.3 is 0 Å². The van der Waals surface area contributed by atoms with Crippen LogP contribution >= 0.6 is 0 Å². The van der Waals surface area contributed by atoms with Crippen LogP contribution in [0.1, 0.15) is 18.1 Å². The van der Waals surface area contributed by atoms with Crippen molar-refractivity contribution in [2.45, 2.75) is 12.5 Å². The molecule has 2 rings (SSSR count). The standard InChI is InChI=1S/C10H13N3O/c11-5-4-9(14)8-3-1-2-7-6-12-13-10(7)8/h1-3,6,9,14H,4-5,11H2,(H,12,13). The van der Waals surface area contributed by atoms with E-state index in [0.29, 0.717) is 13.0 Å². The van der Waals surface area contributed by atoms with Crippen LogP contribution in [0.25, 0.3) is 10.9 Å². The Kier molecular flexibility index (Phi) is 2.47. The Balaban J connectivity index is 2.45. The van der Waals surface area contributed by atoms with Crippen molar-refractivity contribution < 1.29 is 5.11 Å². The van der Waals surface area contributed by atoms with E-state index in [1.54, 1.807) is 6.20 Å². The number of fused-ring (bicyclic) bond motifs is 1. The zero-order valence-corrected chi connectivity index (χ0v) is 7.77. The Morgan fingerprint density at radius 1 is 1.50 bits per heavy atom. The van der Waals surface area contributed by atoms with Gasteiger partial charge in [-0.3, -0.25) is 5.10 Å². The molecule has 0 aliphatic rings. The second-order valence-electron chi connectivity index (χ2n) is 3.27. The SMILES string of the molecule is NCCC(O)c1cccc2cn[nH]c12. The number of aliphatic hydroxyl groups excluding tert-OH is 1. The minimum absolute atomic E-state index is 0.478. The van der Waals surface area contributed by atoms with Crippen molar-refractivity contribution >= 4 is 10.9 Å².